The summed E-state index contributed by atoms with van der Waals surface area (Å²) in [5.41, 5.74) is 1.81. The highest BCUT2D eigenvalue weighted by molar-refractivity contribution is 5.94. The van der Waals surface area contributed by atoms with Gasteiger partial charge in [0.05, 0.1) is 0 Å². The predicted octanol–water partition coefficient (Wildman–Crippen LogP) is 2.37. The van der Waals surface area contributed by atoms with Gasteiger partial charge in [0, 0.05) is 31.3 Å². The highest BCUT2D eigenvalue weighted by Crippen LogP contribution is 2.10. The van der Waals surface area contributed by atoms with Crippen LogP contribution in [0.3, 0.4) is 0 Å². The van der Waals surface area contributed by atoms with Crippen molar-refractivity contribution in [2.45, 2.75) is 20.8 Å². The number of hydrogen-bond acceptors (Lipinski definition) is 5. The molecule has 1 aromatic carbocycles. The number of amides is 1. The minimum Gasteiger partial charge on any atom is -0.370 e. The summed E-state index contributed by atoms with van der Waals surface area (Å²) in [6.45, 7) is 7.79. The maximum absolute atomic E-state index is 12.0. The third kappa shape index (κ3) is 5.25. The minimum absolute atomic E-state index is 0.0704. The Morgan fingerprint density at radius 2 is 1.65 bits per heavy atom. The molecule has 1 aromatic heterocycles. The van der Waals surface area contributed by atoms with E-state index in [1.807, 2.05) is 51.1 Å². The number of carbonyl (C=O) groups is 1. The van der Waals surface area contributed by atoms with E-state index in [9.17, 15) is 4.79 Å². The lowest BCUT2D eigenvalue weighted by atomic mass is 10.1. The van der Waals surface area contributed by atoms with Gasteiger partial charge in [0.1, 0.15) is 17.5 Å². The SMILES string of the molecule is CCNc1cc(NCCNC(=O)c2ccc(C)cc2)nc(C)n1. The molecule has 1 amide bonds. The van der Waals surface area contributed by atoms with E-state index < -0.39 is 0 Å². The first kappa shape index (κ1) is 16.7. The molecule has 0 aliphatic rings. The number of nitrogens with one attached hydrogen (secondary N) is 3. The van der Waals surface area contributed by atoms with Crippen LogP contribution in [-0.2, 0) is 0 Å². The Hall–Kier alpha value is -2.63. The van der Waals surface area contributed by atoms with E-state index in [1.165, 1.54) is 0 Å². The summed E-state index contributed by atoms with van der Waals surface area (Å²) in [4.78, 5) is 20.6. The second-order valence-corrected chi connectivity index (χ2v) is 5.26. The van der Waals surface area contributed by atoms with Crippen molar-refractivity contribution in [1.82, 2.24) is 15.3 Å². The molecule has 0 saturated heterocycles. The Balaban J connectivity index is 1.81. The highest BCUT2D eigenvalue weighted by atomic mass is 16.1. The standard InChI is InChI=1S/C17H23N5O/c1-4-18-15-11-16(22-13(3)21-15)19-9-10-20-17(23)14-7-5-12(2)6-8-14/h5-8,11H,4,9-10H2,1-3H3,(H,20,23)(H2,18,19,21,22). The van der Waals surface area contributed by atoms with Crippen LogP contribution in [0.4, 0.5) is 11.6 Å². The van der Waals surface area contributed by atoms with Gasteiger partial charge in [0.15, 0.2) is 0 Å². The maximum atomic E-state index is 12.0. The Kier molecular flexibility index (Phi) is 5.91. The van der Waals surface area contributed by atoms with Crippen molar-refractivity contribution >= 4 is 17.5 Å². The molecule has 0 spiro atoms. The van der Waals surface area contributed by atoms with Gasteiger partial charge in [0.2, 0.25) is 0 Å². The first-order valence-electron chi connectivity index (χ1n) is 7.77. The lowest BCUT2D eigenvalue weighted by Crippen LogP contribution is -2.28. The Labute approximate surface area is 136 Å². The summed E-state index contributed by atoms with van der Waals surface area (Å²) in [5, 5.41) is 9.24. The zero-order valence-electron chi connectivity index (χ0n) is 13.8. The van der Waals surface area contributed by atoms with E-state index in [0.717, 1.165) is 23.7 Å². The zero-order valence-corrected chi connectivity index (χ0v) is 13.8. The first-order valence-corrected chi connectivity index (χ1v) is 7.77. The lowest BCUT2D eigenvalue weighted by Gasteiger charge is -2.10. The van der Waals surface area contributed by atoms with Crippen LogP contribution in [0.25, 0.3) is 0 Å². The number of anilines is 2. The van der Waals surface area contributed by atoms with E-state index >= 15 is 0 Å². The van der Waals surface area contributed by atoms with E-state index in [0.29, 0.717) is 24.5 Å². The van der Waals surface area contributed by atoms with Crippen LogP contribution in [0, 0.1) is 13.8 Å². The number of hydrogen-bond donors (Lipinski definition) is 3. The van der Waals surface area contributed by atoms with Crippen molar-refractivity contribution in [3.05, 3.63) is 47.3 Å². The predicted molar refractivity (Wildman–Crippen MR) is 92.9 cm³/mol. The molecule has 6 heteroatoms. The van der Waals surface area contributed by atoms with E-state index in [2.05, 4.69) is 25.9 Å². The topological polar surface area (TPSA) is 78.9 Å². The van der Waals surface area contributed by atoms with Gasteiger partial charge >= 0.3 is 0 Å². The number of aryl methyl sites for hydroxylation is 2. The van der Waals surface area contributed by atoms with Gasteiger partial charge in [-0.25, -0.2) is 9.97 Å². The first-order chi connectivity index (χ1) is 11.1. The fraction of sp³-hybridized carbons (Fsp3) is 0.353. The number of nitrogens with zero attached hydrogens (tertiary/aromatic N) is 2. The van der Waals surface area contributed by atoms with Crippen molar-refractivity contribution in [1.29, 1.82) is 0 Å². The molecule has 3 N–H and O–H groups in total. The number of aromatic nitrogens is 2. The van der Waals surface area contributed by atoms with Gasteiger partial charge in [0.25, 0.3) is 5.91 Å². The van der Waals surface area contributed by atoms with Crippen molar-refractivity contribution in [3.8, 4) is 0 Å². The number of carbonyl (C=O) groups excluding carboxylic acids is 1. The molecule has 122 valence electrons. The summed E-state index contributed by atoms with van der Waals surface area (Å²) in [5.74, 6) is 2.18. The summed E-state index contributed by atoms with van der Waals surface area (Å²) in [6, 6.07) is 9.37. The third-order valence-electron chi connectivity index (χ3n) is 3.23. The number of rotatable bonds is 7. The summed E-state index contributed by atoms with van der Waals surface area (Å²) in [7, 11) is 0. The molecule has 2 aromatic rings. The second-order valence-electron chi connectivity index (χ2n) is 5.26. The zero-order chi connectivity index (χ0) is 16.7. The average Bonchev–Trinajstić information content (AvgIpc) is 2.52. The average molecular weight is 313 g/mol. The molecule has 0 unspecified atom stereocenters. The van der Waals surface area contributed by atoms with Gasteiger partial charge < -0.3 is 16.0 Å². The fourth-order valence-electron chi connectivity index (χ4n) is 2.10. The van der Waals surface area contributed by atoms with Crippen LogP contribution in [0.15, 0.2) is 30.3 Å². The highest BCUT2D eigenvalue weighted by Gasteiger charge is 2.04. The molecule has 0 aliphatic heterocycles. The van der Waals surface area contributed by atoms with Crippen molar-refractivity contribution in [3.63, 3.8) is 0 Å². The van der Waals surface area contributed by atoms with Gasteiger partial charge in [-0.1, -0.05) is 17.7 Å². The largest absolute Gasteiger partial charge is 0.370 e. The van der Waals surface area contributed by atoms with Crippen LogP contribution >= 0.6 is 0 Å². The third-order valence-corrected chi connectivity index (χ3v) is 3.23. The molecular formula is C17H23N5O. The van der Waals surface area contributed by atoms with Crippen molar-refractivity contribution in [2.24, 2.45) is 0 Å². The molecule has 6 nitrogen and oxygen atoms in total. The van der Waals surface area contributed by atoms with Crippen LogP contribution in [0.1, 0.15) is 28.7 Å². The Morgan fingerprint density at radius 3 is 2.30 bits per heavy atom. The summed E-state index contributed by atoms with van der Waals surface area (Å²) < 4.78 is 0. The molecule has 23 heavy (non-hydrogen) atoms. The van der Waals surface area contributed by atoms with Crippen LogP contribution in [0.2, 0.25) is 0 Å². The molecule has 0 saturated carbocycles. The maximum Gasteiger partial charge on any atom is 0.251 e. The monoisotopic (exact) mass is 313 g/mol. The molecule has 0 aliphatic carbocycles. The minimum atomic E-state index is -0.0704. The molecule has 0 fully saturated rings. The normalized spacial score (nSPS) is 10.2. The molecule has 1 heterocycles. The Morgan fingerprint density at radius 1 is 1.00 bits per heavy atom. The van der Waals surface area contributed by atoms with E-state index in [-0.39, 0.29) is 5.91 Å². The van der Waals surface area contributed by atoms with Gasteiger partial charge in [-0.3, -0.25) is 4.79 Å². The smallest absolute Gasteiger partial charge is 0.251 e. The van der Waals surface area contributed by atoms with Gasteiger partial charge in [-0.05, 0) is 32.9 Å². The van der Waals surface area contributed by atoms with Crippen LogP contribution in [-0.4, -0.2) is 35.5 Å². The Bertz CT molecular complexity index is 655. The lowest BCUT2D eigenvalue weighted by molar-refractivity contribution is 0.0955. The van der Waals surface area contributed by atoms with Crippen LogP contribution < -0.4 is 16.0 Å². The molecule has 2 rings (SSSR count). The molecular weight excluding hydrogens is 290 g/mol. The van der Waals surface area contributed by atoms with Crippen molar-refractivity contribution < 1.29 is 4.79 Å². The van der Waals surface area contributed by atoms with Gasteiger partial charge in [-0.2, -0.15) is 0 Å². The molecule has 0 radical (unpaired) electrons. The fourth-order valence-corrected chi connectivity index (χ4v) is 2.10. The quantitative estimate of drug-likeness (QED) is 0.684. The summed E-state index contributed by atoms with van der Waals surface area (Å²) in [6.07, 6.45) is 0. The van der Waals surface area contributed by atoms with E-state index in [4.69, 9.17) is 0 Å². The van der Waals surface area contributed by atoms with E-state index in [1.54, 1.807) is 0 Å². The molecule has 0 bridgehead atoms. The molecule has 0 atom stereocenters. The second kappa shape index (κ2) is 8.12. The van der Waals surface area contributed by atoms with Crippen molar-refractivity contribution in [2.75, 3.05) is 30.3 Å². The summed E-state index contributed by atoms with van der Waals surface area (Å²) >= 11 is 0. The van der Waals surface area contributed by atoms with Crippen LogP contribution in [0.5, 0.6) is 0 Å². The van der Waals surface area contributed by atoms with Gasteiger partial charge in [-0.15, -0.1) is 0 Å². The number of benzene rings is 1.